The van der Waals surface area contributed by atoms with Crippen molar-refractivity contribution >= 4 is 5.91 Å². The van der Waals surface area contributed by atoms with Crippen LogP contribution in [0.1, 0.15) is 10.4 Å². The molecule has 0 saturated carbocycles. The van der Waals surface area contributed by atoms with E-state index in [2.05, 4.69) is 5.32 Å². The lowest BCUT2D eigenvalue weighted by molar-refractivity contribution is 0.0937. The number of carbonyl (C=O) groups is 1. The molecule has 1 N–H and O–H groups in total. The number of rotatable bonds is 6. The smallest absolute Gasteiger partial charge is 0.251 e. The van der Waals surface area contributed by atoms with E-state index >= 15 is 0 Å². The van der Waals surface area contributed by atoms with Crippen LogP contribution in [0.2, 0.25) is 0 Å². The van der Waals surface area contributed by atoms with E-state index in [1.54, 1.807) is 31.4 Å². The Bertz CT molecular complexity index is 537. The van der Waals surface area contributed by atoms with Gasteiger partial charge in [-0.25, -0.2) is 0 Å². The lowest BCUT2D eigenvalue weighted by atomic mass is 10.2. The lowest BCUT2D eigenvalue weighted by Crippen LogP contribution is -2.26. The molecule has 2 rings (SSSR count). The van der Waals surface area contributed by atoms with E-state index in [0.29, 0.717) is 24.5 Å². The van der Waals surface area contributed by atoms with Crippen molar-refractivity contribution in [3.8, 4) is 11.5 Å². The Labute approximate surface area is 118 Å². The third-order valence-electron chi connectivity index (χ3n) is 2.69. The van der Waals surface area contributed by atoms with Crippen molar-refractivity contribution in [1.82, 2.24) is 5.32 Å². The Morgan fingerprint density at radius 2 is 1.65 bits per heavy atom. The fourth-order valence-electron chi connectivity index (χ4n) is 1.67. The molecule has 0 spiro atoms. The Hall–Kier alpha value is -2.33. The van der Waals surface area contributed by atoms with Gasteiger partial charge in [-0.2, -0.15) is 0 Å². The first-order valence-electron chi connectivity index (χ1n) is 6.39. The first-order valence-corrected chi connectivity index (χ1v) is 6.39. The molecular formula is C16H17NO3. The fraction of sp³-hybridized carbons (Fsp3) is 0.188. The maximum absolute atomic E-state index is 11.8. The van der Waals surface area contributed by atoms with Gasteiger partial charge in [-0.3, -0.25) is 4.79 Å². The number of nitrogens with one attached hydrogen (secondary N) is 1. The Balaban J connectivity index is 1.94. The van der Waals surface area contributed by atoms with E-state index in [1.807, 2.05) is 30.3 Å². The van der Waals surface area contributed by atoms with Gasteiger partial charge in [-0.1, -0.05) is 18.2 Å². The number of para-hydroxylation sites is 1. The van der Waals surface area contributed by atoms with Crippen molar-refractivity contribution < 1.29 is 14.3 Å². The molecule has 4 heteroatoms. The summed E-state index contributed by atoms with van der Waals surface area (Å²) in [6, 6.07) is 16.5. The molecule has 1 amide bonds. The van der Waals surface area contributed by atoms with Crippen LogP contribution < -0.4 is 10.1 Å². The number of hydrogen-bond acceptors (Lipinski definition) is 3. The van der Waals surface area contributed by atoms with E-state index in [4.69, 9.17) is 9.47 Å². The summed E-state index contributed by atoms with van der Waals surface area (Å²) in [5.74, 6) is 1.35. The second-order valence-corrected chi connectivity index (χ2v) is 4.19. The van der Waals surface area contributed by atoms with Crippen molar-refractivity contribution in [2.75, 3.05) is 20.3 Å². The van der Waals surface area contributed by atoms with Gasteiger partial charge in [0.05, 0.1) is 6.61 Å². The van der Waals surface area contributed by atoms with Crippen LogP contribution in [0.25, 0.3) is 0 Å². The molecule has 0 aliphatic carbocycles. The highest BCUT2D eigenvalue weighted by atomic mass is 16.5. The fourth-order valence-corrected chi connectivity index (χ4v) is 1.67. The van der Waals surface area contributed by atoms with Gasteiger partial charge in [0.25, 0.3) is 5.91 Å². The second kappa shape index (κ2) is 7.31. The summed E-state index contributed by atoms with van der Waals surface area (Å²) < 4.78 is 10.5. The number of carbonyl (C=O) groups excluding carboxylic acids is 1. The van der Waals surface area contributed by atoms with Gasteiger partial charge in [-0.15, -0.1) is 0 Å². The molecule has 4 nitrogen and oxygen atoms in total. The van der Waals surface area contributed by atoms with Crippen LogP contribution in [-0.2, 0) is 4.74 Å². The van der Waals surface area contributed by atoms with Gasteiger partial charge in [0.15, 0.2) is 0 Å². The molecule has 0 atom stereocenters. The Morgan fingerprint density at radius 3 is 2.30 bits per heavy atom. The van der Waals surface area contributed by atoms with Gasteiger partial charge in [0.2, 0.25) is 0 Å². The van der Waals surface area contributed by atoms with Gasteiger partial charge < -0.3 is 14.8 Å². The molecule has 0 fully saturated rings. The summed E-state index contributed by atoms with van der Waals surface area (Å²) in [5.41, 5.74) is 0.599. The molecule has 0 saturated heterocycles. The molecule has 0 aliphatic heterocycles. The van der Waals surface area contributed by atoms with Crippen LogP contribution in [0.15, 0.2) is 54.6 Å². The summed E-state index contributed by atoms with van der Waals surface area (Å²) in [6.45, 7) is 0.999. The average molecular weight is 271 g/mol. The van der Waals surface area contributed by atoms with Crippen LogP contribution >= 0.6 is 0 Å². The van der Waals surface area contributed by atoms with E-state index < -0.39 is 0 Å². The summed E-state index contributed by atoms with van der Waals surface area (Å²) in [5, 5.41) is 2.76. The van der Waals surface area contributed by atoms with Gasteiger partial charge >= 0.3 is 0 Å². The molecule has 0 radical (unpaired) electrons. The molecule has 0 aliphatic rings. The maximum Gasteiger partial charge on any atom is 0.251 e. The minimum Gasteiger partial charge on any atom is -0.457 e. The molecule has 0 bridgehead atoms. The van der Waals surface area contributed by atoms with Gasteiger partial charge in [0.1, 0.15) is 11.5 Å². The molecular weight excluding hydrogens is 254 g/mol. The van der Waals surface area contributed by atoms with Gasteiger partial charge in [0, 0.05) is 19.2 Å². The average Bonchev–Trinajstić information content (AvgIpc) is 2.49. The summed E-state index contributed by atoms with van der Waals surface area (Å²) >= 11 is 0. The zero-order chi connectivity index (χ0) is 14.2. The predicted octanol–water partition coefficient (Wildman–Crippen LogP) is 2.86. The van der Waals surface area contributed by atoms with Gasteiger partial charge in [-0.05, 0) is 36.4 Å². The number of amides is 1. The van der Waals surface area contributed by atoms with E-state index in [1.165, 1.54) is 0 Å². The molecule has 0 heterocycles. The molecule has 2 aromatic carbocycles. The monoisotopic (exact) mass is 271 g/mol. The zero-order valence-corrected chi connectivity index (χ0v) is 11.3. The third kappa shape index (κ3) is 4.10. The lowest BCUT2D eigenvalue weighted by Gasteiger charge is -2.07. The van der Waals surface area contributed by atoms with Crippen LogP contribution in [-0.4, -0.2) is 26.2 Å². The minimum atomic E-state index is -0.117. The number of benzene rings is 2. The van der Waals surface area contributed by atoms with Crippen molar-refractivity contribution in [1.29, 1.82) is 0 Å². The quantitative estimate of drug-likeness (QED) is 0.822. The summed E-state index contributed by atoms with van der Waals surface area (Å²) in [7, 11) is 1.60. The molecule has 0 unspecified atom stereocenters. The van der Waals surface area contributed by atoms with Crippen LogP contribution in [0.4, 0.5) is 0 Å². The normalized spacial score (nSPS) is 10.1. The Morgan fingerprint density at radius 1 is 1.00 bits per heavy atom. The van der Waals surface area contributed by atoms with E-state index in [0.717, 1.165) is 5.75 Å². The summed E-state index contributed by atoms with van der Waals surface area (Å²) in [6.07, 6.45) is 0. The summed E-state index contributed by atoms with van der Waals surface area (Å²) in [4.78, 5) is 11.8. The first-order chi connectivity index (χ1) is 9.79. The highest BCUT2D eigenvalue weighted by molar-refractivity contribution is 5.94. The molecule has 104 valence electrons. The number of hydrogen-bond donors (Lipinski definition) is 1. The van der Waals surface area contributed by atoms with E-state index in [-0.39, 0.29) is 5.91 Å². The van der Waals surface area contributed by atoms with E-state index in [9.17, 15) is 4.79 Å². The Kier molecular flexibility index (Phi) is 5.15. The zero-order valence-electron chi connectivity index (χ0n) is 11.3. The molecule has 0 aromatic heterocycles. The molecule has 2 aromatic rings. The highest BCUT2D eigenvalue weighted by Gasteiger charge is 2.05. The first kappa shape index (κ1) is 14.1. The maximum atomic E-state index is 11.8. The number of ether oxygens (including phenoxy) is 2. The van der Waals surface area contributed by atoms with Crippen LogP contribution in [0.3, 0.4) is 0 Å². The highest BCUT2D eigenvalue weighted by Crippen LogP contribution is 2.20. The van der Waals surface area contributed by atoms with Crippen molar-refractivity contribution in [3.63, 3.8) is 0 Å². The topological polar surface area (TPSA) is 47.6 Å². The van der Waals surface area contributed by atoms with Crippen molar-refractivity contribution in [2.24, 2.45) is 0 Å². The molecule has 20 heavy (non-hydrogen) atoms. The van der Waals surface area contributed by atoms with Crippen LogP contribution in [0, 0.1) is 0 Å². The van der Waals surface area contributed by atoms with Crippen molar-refractivity contribution in [3.05, 3.63) is 60.2 Å². The van der Waals surface area contributed by atoms with Crippen LogP contribution in [0.5, 0.6) is 11.5 Å². The van der Waals surface area contributed by atoms with Crippen molar-refractivity contribution in [2.45, 2.75) is 0 Å². The number of methoxy groups -OCH3 is 1. The minimum absolute atomic E-state index is 0.117. The largest absolute Gasteiger partial charge is 0.457 e. The second-order valence-electron chi connectivity index (χ2n) is 4.19. The SMILES string of the molecule is COCCNC(=O)c1ccc(Oc2ccccc2)cc1. The predicted molar refractivity (Wildman–Crippen MR) is 77.2 cm³/mol. The standard InChI is InChI=1S/C16H17NO3/c1-19-12-11-17-16(18)13-7-9-15(10-8-13)20-14-5-3-2-4-6-14/h2-10H,11-12H2,1H3,(H,17,18). The third-order valence-corrected chi connectivity index (χ3v) is 2.69.